The molecule has 0 spiro atoms. The molecule has 0 N–H and O–H groups in total. The van der Waals surface area contributed by atoms with E-state index in [0.717, 1.165) is 37.2 Å². The van der Waals surface area contributed by atoms with Crippen LogP contribution in [-0.2, 0) is 16.4 Å². The first-order valence-corrected chi connectivity index (χ1v) is 9.95. The number of sulfone groups is 1. The van der Waals surface area contributed by atoms with Crippen LogP contribution in [0.15, 0.2) is 41.0 Å². The molecule has 1 aromatic heterocycles. The lowest BCUT2D eigenvalue weighted by Crippen LogP contribution is -2.37. The van der Waals surface area contributed by atoms with E-state index >= 15 is 0 Å². The van der Waals surface area contributed by atoms with Crippen molar-refractivity contribution in [1.82, 2.24) is 9.88 Å². The van der Waals surface area contributed by atoms with Crippen LogP contribution in [0, 0.1) is 5.92 Å². The lowest BCUT2D eigenvalue weighted by molar-refractivity contribution is 0.176. The van der Waals surface area contributed by atoms with Crippen LogP contribution in [0.2, 0.25) is 0 Å². The number of likely N-dealkylation sites (tertiary alicyclic amines) is 1. The van der Waals surface area contributed by atoms with Gasteiger partial charge < -0.3 is 4.42 Å². The summed E-state index contributed by atoms with van der Waals surface area (Å²) >= 11 is 0. The minimum Gasteiger partial charge on any atom is -0.444 e. The zero-order chi connectivity index (χ0) is 16.3. The van der Waals surface area contributed by atoms with E-state index in [9.17, 15) is 8.42 Å². The molecule has 1 saturated heterocycles. The van der Waals surface area contributed by atoms with Crippen LogP contribution in [0.25, 0.3) is 11.5 Å². The molecule has 1 aliphatic rings. The van der Waals surface area contributed by atoms with Gasteiger partial charge in [0.25, 0.3) is 0 Å². The van der Waals surface area contributed by atoms with Gasteiger partial charge >= 0.3 is 0 Å². The van der Waals surface area contributed by atoms with Crippen molar-refractivity contribution in [3.8, 4) is 11.5 Å². The van der Waals surface area contributed by atoms with Crippen molar-refractivity contribution in [2.24, 2.45) is 5.92 Å². The van der Waals surface area contributed by atoms with Crippen LogP contribution in [0.5, 0.6) is 0 Å². The first kappa shape index (κ1) is 16.2. The fraction of sp³-hybridized carbons (Fsp3) is 0.471. The number of nitrogens with zero attached hydrogens (tertiary/aromatic N) is 2. The van der Waals surface area contributed by atoms with Crippen molar-refractivity contribution in [3.63, 3.8) is 0 Å². The number of piperidine rings is 1. The lowest BCUT2D eigenvalue weighted by atomic mass is 10.00. The van der Waals surface area contributed by atoms with Gasteiger partial charge in [0.15, 0.2) is 0 Å². The number of aromatic nitrogens is 1. The van der Waals surface area contributed by atoms with Gasteiger partial charge in [-0.15, -0.1) is 0 Å². The van der Waals surface area contributed by atoms with E-state index in [1.807, 2.05) is 30.3 Å². The summed E-state index contributed by atoms with van der Waals surface area (Å²) in [6, 6.07) is 9.82. The molecule has 0 bridgehead atoms. The molecule has 1 atom stereocenters. The van der Waals surface area contributed by atoms with Crippen molar-refractivity contribution < 1.29 is 12.8 Å². The second-order valence-corrected chi connectivity index (χ2v) is 8.53. The molecule has 1 unspecified atom stereocenters. The number of hydrogen-bond donors (Lipinski definition) is 0. The Balaban J connectivity index is 1.62. The SMILES string of the molecule is CS(=O)(=O)CC1CCCN(Cc2coc(-c3ccccc3)n2)C1. The summed E-state index contributed by atoms with van der Waals surface area (Å²) in [5, 5.41) is 0. The monoisotopic (exact) mass is 334 g/mol. The fourth-order valence-corrected chi connectivity index (χ4v) is 4.31. The molecular formula is C17H22N2O3S. The lowest BCUT2D eigenvalue weighted by Gasteiger charge is -2.31. The maximum atomic E-state index is 11.5. The Labute approximate surface area is 137 Å². The molecule has 2 aromatic rings. The smallest absolute Gasteiger partial charge is 0.226 e. The maximum Gasteiger partial charge on any atom is 0.226 e. The highest BCUT2D eigenvalue weighted by Crippen LogP contribution is 2.22. The Morgan fingerprint density at radius 2 is 2.09 bits per heavy atom. The van der Waals surface area contributed by atoms with Gasteiger partial charge in [0.05, 0.1) is 11.4 Å². The van der Waals surface area contributed by atoms with Crippen molar-refractivity contribution in [2.75, 3.05) is 25.1 Å². The molecule has 3 rings (SSSR count). The summed E-state index contributed by atoms with van der Waals surface area (Å²) in [7, 11) is -2.91. The third-order valence-electron chi connectivity index (χ3n) is 4.10. The first-order chi connectivity index (χ1) is 11.0. The zero-order valence-corrected chi connectivity index (χ0v) is 14.1. The molecule has 0 amide bonds. The van der Waals surface area contributed by atoms with Gasteiger partial charge in [-0.1, -0.05) is 18.2 Å². The van der Waals surface area contributed by atoms with Crippen molar-refractivity contribution in [1.29, 1.82) is 0 Å². The van der Waals surface area contributed by atoms with Gasteiger partial charge in [0, 0.05) is 24.9 Å². The average molecular weight is 334 g/mol. The van der Waals surface area contributed by atoms with E-state index in [0.29, 0.717) is 12.4 Å². The summed E-state index contributed by atoms with van der Waals surface area (Å²) in [5.41, 5.74) is 1.86. The number of benzene rings is 1. The van der Waals surface area contributed by atoms with Gasteiger partial charge in [-0.2, -0.15) is 0 Å². The van der Waals surface area contributed by atoms with Gasteiger partial charge in [-0.05, 0) is 37.4 Å². The van der Waals surface area contributed by atoms with E-state index in [4.69, 9.17) is 4.42 Å². The maximum absolute atomic E-state index is 11.5. The molecule has 1 aromatic carbocycles. The molecule has 5 nitrogen and oxygen atoms in total. The van der Waals surface area contributed by atoms with Crippen LogP contribution >= 0.6 is 0 Å². The minimum atomic E-state index is -2.91. The molecule has 23 heavy (non-hydrogen) atoms. The highest BCUT2D eigenvalue weighted by molar-refractivity contribution is 7.90. The van der Waals surface area contributed by atoms with Crippen LogP contribution in [0.1, 0.15) is 18.5 Å². The molecule has 1 fully saturated rings. The topological polar surface area (TPSA) is 63.4 Å². The van der Waals surface area contributed by atoms with Crippen molar-refractivity contribution >= 4 is 9.84 Å². The Morgan fingerprint density at radius 3 is 2.83 bits per heavy atom. The largest absolute Gasteiger partial charge is 0.444 e. The Bertz CT molecular complexity index is 740. The minimum absolute atomic E-state index is 0.222. The predicted molar refractivity (Wildman–Crippen MR) is 89.7 cm³/mol. The average Bonchev–Trinajstić information content (AvgIpc) is 2.95. The van der Waals surface area contributed by atoms with E-state index < -0.39 is 9.84 Å². The fourth-order valence-electron chi connectivity index (χ4n) is 3.18. The third kappa shape index (κ3) is 4.65. The molecule has 0 radical (unpaired) electrons. The van der Waals surface area contributed by atoms with E-state index in [1.165, 1.54) is 6.26 Å². The second-order valence-electron chi connectivity index (χ2n) is 6.35. The number of hydrogen-bond acceptors (Lipinski definition) is 5. The standard InChI is InChI=1S/C17H22N2O3S/c1-23(20,21)13-14-6-5-9-19(10-14)11-16-12-22-17(18-16)15-7-3-2-4-8-15/h2-4,7-8,12,14H,5-6,9-11,13H2,1H3. The van der Waals surface area contributed by atoms with Gasteiger partial charge in [-0.25, -0.2) is 13.4 Å². The Hall–Kier alpha value is -1.66. The van der Waals surface area contributed by atoms with Gasteiger partial charge in [-0.3, -0.25) is 4.90 Å². The molecule has 6 heteroatoms. The van der Waals surface area contributed by atoms with Crippen LogP contribution in [0.3, 0.4) is 0 Å². The summed E-state index contributed by atoms with van der Waals surface area (Å²) in [4.78, 5) is 6.82. The van der Waals surface area contributed by atoms with Crippen molar-refractivity contribution in [3.05, 3.63) is 42.3 Å². The first-order valence-electron chi connectivity index (χ1n) is 7.89. The van der Waals surface area contributed by atoms with E-state index in [2.05, 4.69) is 9.88 Å². The second kappa shape index (κ2) is 6.84. The molecular weight excluding hydrogens is 312 g/mol. The molecule has 124 valence electrons. The number of rotatable bonds is 5. The zero-order valence-electron chi connectivity index (χ0n) is 13.3. The van der Waals surface area contributed by atoms with Crippen molar-refractivity contribution in [2.45, 2.75) is 19.4 Å². The molecule has 2 heterocycles. The highest BCUT2D eigenvalue weighted by Gasteiger charge is 2.23. The van der Waals surface area contributed by atoms with Gasteiger partial charge in [0.1, 0.15) is 16.1 Å². The molecule has 0 aliphatic carbocycles. The summed E-state index contributed by atoms with van der Waals surface area (Å²) in [6.45, 7) is 2.49. The molecule has 1 aliphatic heterocycles. The third-order valence-corrected chi connectivity index (χ3v) is 5.18. The quantitative estimate of drug-likeness (QED) is 0.841. The van der Waals surface area contributed by atoms with Crippen LogP contribution in [0.4, 0.5) is 0 Å². The van der Waals surface area contributed by atoms with E-state index in [-0.39, 0.29) is 11.7 Å². The summed E-state index contributed by atoms with van der Waals surface area (Å²) in [6.07, 6.45) is 5.03. The number of oxazole rings is 1. The predicted octanol–water partition coefficient (Wildman–Crippen LogP) is 2.60. The summed E-state index contributed by atoms with van der Waals surface area (Å²) in [5.74, 6) is 1.13. The molecule has 0 saturated carbocycles. The summed E-state index contributed by atoms with van der Waals surface area (Å²) < 4.78 is 28.5. The normalized spacial score (nSPS) is 19.8. The van der Waals surface area contributed by atoms with Gasteiger partial charge in [0.2, 0.25) is 5.89 Å². The highest BCUT2D eigenvalue weighted by atomic mass is 32.2. The Kier molecular flexibility index (Phi) is 4.82. The van der Waals surface area contributed by atoms with Crippen LogP contribution < -0.4 is 0 Å². The van der Waals surface area contributed by atoms with E-state index in [1.54, 1.807) is 6.26 Å². The Morgan fingerprint density at radius 1 is 1.30 bits per heavy atom. The van der Waals surface area contributed by atoms with Crippen LogP contribution in [-0.4, -0.2) is 43.4 Å².